The van der Waals surface area contributed by atoms with E-state index in [9.17, 15) is 4.79 Å². The van der Waals surface area contributed by atoms with Crippen molar-refractivity contribution >= 4 is 5.52 Å². The molecule has 0 aliphatic carbocycles. The van der Waals surface area contributed by atoms with Crippen LogP contribution in [0.3, 0.4) is 0 Å². The lowest BCUT2D eigenvalue weighted by atomic mass is 10.2. The molecule has 13 heavy (non-hydrogen) atoms. The Hall–Kier alpha value is -1.62. The Labute approximate surface area is 73.6 Å². The molecule has 2 aromatic rings. The maximum atomic E-state index is 11.3. The van der Waals surface area contributed by atoms with E-state index in [2.05, 4.69) is 10.1 Å². The summed E-state index contributed by atoms with van der Waals surface area (Å²) in [6.07, 6.45) is 2.98. The van der Waals surface area contributed by atoms with Crippen LogP contribution in [0.1, 0.15) is 11.1 Å². The average Bonchev–Trinajstić information content (AvgIpc) is 2.44. The van der Waals surface area contributed by atoms with E-state index in [1.807, 2.05) is 0 Å². The molecule has 2 rings (SSSR count). The van der Waals surface area contributed by atoms with Gasteiger partial charge in [0.1, 0.15) is 11.8 Å². The van der Waals surface area contributed by atoms with E-state index < -0.39 is 0 Å². The molecule has 0 bridgehead atoms. The van der Waals surface area contributed by atoms with Crippen LogP contribution in [0.25, 0.3) is 5.52 Å². The molecule has 0 aliphatic rings. The summed E-state index contributed by atoms with van der Waals surface area (Å²) in [4.78, 5) is 13.8. The van der Waals surface area contributed by atoms with Gasteiger partial charge in [-0.05, 0) is 12.5 Å². The minimum atomic E-state index is -0.188. The minimum Gasteiger partial charge on any atom is -0.392 e. The lowest BCUT2D eigenvalue weighted by Gasteiger charge is -1.91. The number of fused-ring (bicyclic) bond motifs is 1. The topological polar surface area (TPSA) is 70.4 Å². The fourth-order valence-corrected chi connectivity index (χ4v) is 1.38. The predicted octanol–water partition coefficient (Wildman–Crippen LogP) is -0.177. The Morgan fingerprint density at radius 3 is 3.08 bits per heavy atom. The average molecular weight is 179 g/mol. The van der Waals surface area contributed by atoms with Crippen LogP contribution in [0.4, 0.5) is 0 Å². The van der Waals surface area contributed by atoms with Crippen LogP contribution in [0.5, 0.6) is 0 Å². The molecule has 0 saturated heterocycles. The van der Waals surface area contributed by atoms with Crippen LogP contribution >= 0.6 is 0 Å². The fraction of sp³-hybridized carbons (Fsp3) is 0.250. The summed E-state index contributed by atoms with van der Waals surface area (Å²) in [5, 5.41) is 12.9. The Balaban J connectivity index is 2.93. The van der Waals surface area contributed by atoms with Crippen LogP contribution in [-0.2, 0) is 6.61 Å². The van der Waals surface area contributed by atoms with Crippen LogP contribution in [0.2, 0.25) is 0 Å². The number of aliphatic hydroxyl groups is 1. The number of nitrogens with one attached hydrogen (secondary N) is 1. The highest BCUT2D eigenvalue weighted by Crippen LogP contribution is 2.12. The first kappa shape index (κ1) is 8.00. The van der Waals surface area contributed by atoms with E-state index in [1.54, 1.807) is 13.1 Å². The number of aliphatic hydroxyl groups excluding tert-OH is 1. The van der Waals surface area contributed by atoms with Crippen LogP contribution < -0.4 is 5.56 Å². The van der Waals surface area contributed by atoms with Gasteiger partial charge in [-0.3, -0.25) is 4.79 Å². The van der Waals surface area contributed by atoms with E-state index in [0.717, 1.165) is 11.1 Å². The minimum absolute atomic E-state index is 0.0748. The highest BCUT2D eigenvalue weighted by atomic mass is 16.3. The maximum Gasteiger partial charge on any atom is 0.275 e. The summed E-state index contributed by atoms with van der Waals surface area (Å²) in [6.45, 7) is 1.71. The molecular weight excluding hydrogens is 170 g/mol. The molecule has 2 aromatic heterocycles. The standard InChI is InChI=1S/C8H9N3O2/c1-5-6(3-12)2-11-7(5)8(13)9-4-10-11/h2,4,12H,3H2,1H3,(H,9,10,13). The van der Waals surface area contributed by atoms with Gasteiger partial charge in [0.15, 0.2) is 0 Å². The van der Waals surface area contributed by atoms with E-state index >= 15 is 0 Å². The first-order valence-corrected chi connectivity index (χ1v) is 3.89. The second-order valence-electron chi connectivity index (χ2n) is 2.85. The summed E-state index contributed by atoms with van der Waals surface area (Å²) in [5.74, 6) is 0. The third kappa shape index (κ3) is 1.05. The van der Waals surface area contributed by atoms with E-state index in [4.69, 9.17) is 5.11 Å². The second-order valence-corrected chi connectivity index (χ2v) is 2.85. The number of rotatable bonds is 1. The number of H-pyrrole nitrogens is 1. The molecule has 0 aromatic carbocycles. The Bertz CT molecular complexity index is 498. The third-order valence-corrected chi connectivity index (χ3v) is 2.11. The molecule has 0 spiro atoms. The highest BCUT2D eigenvalue weighted by molar-refractivity contribution is 5.55. The third-order valence-electron chi connectivity index (χ3n) is 2.11. The number of hydrogen-bond donors (Lipinski definition) is 2. The molecule has 5 nitrogen and oxygen atoms in total. The van der Waals surface area contributed by atoms with Crippen molar-refractivity contribution in [2.45, 2.75) is 13.5 Å². The van der Waals surface area contributed by atoms with Gasteiger partial charge in [0.25, 0.3) is 5.56 Å². The van der Waals surface area contributed by atoms with E-state index in [-0.39, 0.29) is 12.2 Å². The van der Waals surface area contributed by atoms with Crippen molar-refractivity contribution in [3.63, 3.8) is 0 Å². The Morgan fingerprint density at radius 1 is 1.69 bits per heavy atom. The summed E-state index contributed by atoms with van der Waals surface area (Å²) in [7, 11) is 0. The molecule has 5 heteroatoms. The summed E-state index contributed by atoms with van der Waals surface area (Å²) < 4.78 is 1.47. The number of hydrogen-bond acceptors (Lipinski definition) is 3. The van der Waals surface area contributed by atoms with Crippen molar-refractivity contribution in [2.75, 3.05) is 0 Å². The maximum absolute atomic E-state index is 11.3. The molecule has 0 aliphatic heterocycles. The monoisotopic (exact) mass is 179 g/mol. The Kier molecular flexibility index (Phi) is 1.66. The lowest BCUT2D eigenvalue weighted by Crippen LogP contribution is -2.10. The second kappa shape index (κ2) is 2.70. The van der Waals surface area contributed by atoms with Crippen LogP contribution in [-0.4, -0.2) is 19.7 Å². The smallest absolute Gasteiger partial charge is 0.275 e. The first-order valence-electron chi connectivity index (χ1n) is 3.89. The number of nitrogens with zero attached hydrogens (tertiary/aromatic N) is 2. The molecule has 0 radical (unpaired) electrons. The summed E-state index contributed by atoms with van der Waals surface area (Å²) >= 11 is 0. The number of aryl methyl sites for hydroxylation is 1. The molecule has 68 valence electrons. The van der Waals surface area contributed by atoms with Crippen molar-refractivity contribution < 1.29 is 5.11 Å². The normalized spacial score (nSPS) is 10.9. The van der Waals surface area contributed by atoms with Crippen molar-refractivity contribution in [3.8, 4) is 0 Å². The van der Waals surface area contributed by atoms with Crippen LogP contribution in [0, 0.1) is 6.92 Å². The number of aromatic amines is 1. The van der Waals surface area contributed by atoms with Crippen molar-refractivity contribution in [1.29, 1.82) is 0 Å². The summed E-state index contributed by atoms with van der Waals surface area (Å²) in [6, 6.07) is 0. The van der Waals surface area contributed by atoms with Crippen molar-refractivity contribution in [2.24, 2.45) is 0 Å². The molecule has 2 N–H and O–H groups in total. The van der Waals surface area contributed by atoms with E-state index in [0.29, 0.717) is 5.52 Å². The lowest BCUT2D eigenvalue weighted by molar-refractivity contribution is 0.281. The Morgan fingerprint density at radius 2 is 2.46 bits per heavy atom. The van der Waals surface area contributed by atoms with Crippen molar-refractivity contribution in [3.05, 3.63) is 34.0 Å². The highest BCUT2D eigenvalue weighted by Gasteiger charge is 2.08. The van der Waals surface area contributed by atoms with Gasteiger partial charge in [-0.15, -0.1) is 0 Å². The largest absolute Gasteiger partial charge is 0.392 e. The van der Waals surface area contributed by atoms with Crippen molar-refractivity contribution in [1.82, 2.24) is 14.6 Å². The van der Waals surface area contributed by atoms with Gasteiger partial charge in [-0.2, -0.15) is 5.10 Å². The molecule has 0 saturated carbocycles. The van der Waals surface area contributed by atoms with Crippen LogP contribution in [0.15, 0.2) is 17.3 Å². The SMILES string of the molecule is Cc1c(CO)cn2nc[nH]c(=O)c12. The van der Waals surface area contributed by atoms with Gasteiger partial charge in [-0.25, -0.2) is 4.52 Å². The van der Waals surface area contributed by atoms with Gasteiger partial charge in [0, 0.05) is 11.8 Å². The van der Waals surface area contributed by atoms with Gasteiger partial charge >= 0.3 is 0 Å². The molecular formula is C8H9N3O2. The van der Waals surface area contributed by atoms with Gasteiger partial charge in [0.2, 0.25) is 0 Å². The summed E-state index contributed by atoms with van der Waals surface area (Å²) in [5.41, 5.74) is 1.81. The van der Waals surface area contributed by atoms with Gasteiger partial charge in [-0.1, -0.05) is 0 Å². The predicted molar refractivity (Wildman–Crippen MR) is 46.5 cm³/mol. The number of aromatic nitrogens is 3. The van der Waals surface area contributed by atoms with Gasteiger partial charge < -0.3 is 10.1 Å². The molecule has 0 unspecified atom stereocenters. The van der Waals surface area contributed by atoms with E-state index in [1.165, 1.54) is 10.8 Å². The first-order chi connectivity index (χ1) is 6.24. The molecule has 2 heterocycles. The zero-order valence-corrected chi connectivity index (χ0v) is 7.11. The zero-order chi connectivity index (χ0) is 9.42. The molecule has 0 atom stereocenters. The molecule has 0 amide bonds. The van der Waals surface area contributed by atoms with Gasteiger partial charge in [0.05, 0.1) is 6.61 Å². The zero-order valence-electron chi connectivity index (χ0n) is 7.11. The quantitative estimate of drug-likeness (QED) is 0.638. The molecule has 0 fully saturated rings. The fourth-order valence-electron chi connectivity index (χ4n) is 1.38.